The van der Waals surface area contributed by atoms with Gasteiger partial charge in [-0.3, -0.25) is 0 Å². The maximum atomic E-state index is 13.5. The van der Waals surface area contributed by atoms with E-state index in [4.69, 9.17) is 9.84 Å². The Labute approximate surface area is 121 Å². The molecule has 1 saturated heterocycles. The molecule has 0 radical (unpaired) electrons. The first kappa shape index (κ1) is 15.2. The van der Waals surface area contributed by atoms with Crippen LogP contribution in [0.2, 0.25) is 0 Å². The molecule has 7 heteroatoms. The Bertz CT molecular complexity index is 544. The molecule has 2 rings (SSSR count). The number of nitrogens with one attached hydrogen (secondary N) is 1. The van der Waals surface area contributed by atoms with E-state index in [-0.39, 0.29) is 11.8 Å². The van der Waals surface area contributed by atoms with Gasteiger partial charge < -0.3 is 20.1 Å². The number of nitrogens with zero attached hydrogens (tertiary/aromatic N) is 1. The van der Waals surface area contributed by atoms with Crippen molar-refractivity contribution >= 4 is 17.7 Å². The van der Waals surface area contributed by atoms with Gasteiger partial charge in [0.25, 0.3) is 0 Å². The molecule has 0 saturated carbocycles. The standard InChI is InChI=1S/C14H17FN2O4/c1-17(8-9-4-3-7-21-9)14(20)16-11-6-2-5-10(15)12(11)13(18)19/h2,5-6,9H,3-4,7-8H2,1H3,(H,16,20)(H,18,19). The first-order chi connectivity index (χ1) is 9.99. The summed E-state index contributed by atoms with van der Waals surface area (Å²) in [6.45, 7) is 1.09. The van der Waals surface area contributed by atoms with Crippen LogP contribution < -0.4 is 5.32 Å². The number of aromatic carboxylic acids is 1. The highest BCUT2D eigenvalue weighted by atomic mass is 19.1. The average molecular weight is 296 g/mol. The summed E-state index contributed by atoms with van der Waals surface area (Å²) in [7, 11) is 1.58. The van der Waals surface area contributed by atoms with E-state index in [0.717, 1.165) is 18.9 Å². The molecule has 0 aliphatic carbocycles. The molecule has 2 amide bonds. The number of anilines is 1. The molecule has 114 valence electrons. The second kappa shape index (κ2) is 6.53. The third kappa shape index (κ3) is 3.69. The van der Waals surface area contributed by atoms with Crippen molar-refractivity contribution < 1.29 is 23.8 Å². The van der Waals surface area contributed by atoms with E-state index in [1.807, 2.05) is 0 Å². The van der Waals surface area contributed by atoms with Crippen molar-refractivity contribution in [3.8, 4) is 0 Å². The van der Waals surface area contributed by atoms with Gasteiger partial charge in [-0.25, -0.2) is 14.0 Å². The predicted octanol–water partition coefficient (Wildman–Crippen LogP) is 2.17. The molecule has 1 heterocycles. The molecule has 1 aromatic rings. The number of urea groups is 1. The quantitative estimate of drug-likeness (QED) is 0.892. The minimum atomic E-state index is -1.43. The smallest absolute Gasteiger partial charge is 0.340 e. The second-order valence-corrected chi connectivity index (χ2v) is 4.91. The van der Waals surface area contributed by atoms with Crippen LogP contribution >= 0.6 is 0 Å². The Hall–Kier alpha value is -2.15. The van der Waals surface area contributed by atoms with Gasteiger partial charge in [0.1, 0.15) is 11.4 Å². The fourth-order valence-electron chi connectivity index (χ4n) is 2.23. The number of carboxylic acid groups (broad SMARTS) is 1. The van der Waals surface area contributed by atoms with Gasteiger partial charge in [0, 0.05) is 20.2 Å². The van der Waals surface area contributed by atoms with E-state index < -0.39 is 23.4 Å². The van der Waals surface area contributed by atoms with Gasteiger partial charge in [-0.1, -0.05) is 6.07 Å². The predicted molar refractivity (Wildman–Crippen MR) is 74.0 cm³/mol. The lowest BCUT2D eigenvalue weighted by atomic mass is 10.1. The zero-order valence-electron chi connectivity index (χ0n) is 11.6. The highest BCUT2D eigenvalue weighted by molar-refractivity contribution is 6.00. The molecule has 0 spiro atoms. The summed E-state index contributed by atoms with van der Waals surface area (Å²) in [5.74, 6) is -2.31. The molecule has 21 heavy (non-hydrogen) atoms. The van der Waals surface area contributed by atoms with Crippen molar-refractivity contribution in [1.82, 2.24) is 4.90 Å². The summed E-state index contributed by atoms with van der Waals surface area (Å²) in [4.78, 5) is 24.5. The number of carbonyl (C=O) groups excluding carboxylic acids is 1. The monoisotopic (exact) mass is 296 g/mol. The lowest BCUT2D eigenvalue weighted by molar-refractivity contribution is 0.0693. The van der Waals surface area contributed by atoms with Crippen LogP contribution in [0.1, 0.15) is 23.2 Å². The molecular weight excluding hydrogens is 279 g/mol. The van der Waals surface area contributed by atoms with Crippen LogP contribution in [0.5, 0.6) is 0 Å². The molecule has 1 atom stereocenters. The number of hydrogen-bond donors (Lipinski definition) is 2. The van der Waals surface area contributed by atoms with Crippen molar-refractivity contribution in [3.63, 3.8) is 0 Å². The van der Waals surface area contributed by atoms with E-state index in [9.17, 15) is 14.0 Å². The summed E-state index contributed by atoms with van der Waals surface area (Å²) in [6, 6.07) is 3.23. The molecule has 2 N–H and O–H groups in total. The average Bonchev–Trinajstić information content (AvgIpc) is 2.91. The lowest BCUT2D eigenvalue weighted by Gasteiger charge is -2.21. The number of hydrogen-bond acceptors (Lipinski definition) is 3. The topological polar surface area (TPSA) is 78.9 Å². The highest BCUT2D eigenvalue weighted by Gasteiger charge is 2.22. The normalized spacial score (nSPS) is 17.5. The Morgan fingerprint density at radius 1 is 1.52 bits per heavy atom. The minimum absolute atomic E-state index is 0.00722. The van der Waals surface area contributed by atoms with Crippen LogP contribution in [0.25, 0.3) is 0 Å². The Kier molecular flexibility index (Phi) is 4.74. The largest absolute Gasteiger partial charge is 0.478 e. The van der Waals surface area contributed by atoms with Crippen molar-refractivity contribution in [3.05, 3.63) is 29.6 Å². The molecular formula is C14H17FN2O4. The summed E-state index contributed by atoms with van der Waals surface area (Å²) in [5, 5.41) is 11.4. The van der Waals surface area contributed by atoms with Crippen molar-refractivity contribution in [1.29, 1.82) is 0 Å². The number of benzene rings is 1. The number of amides is 2. The molecule has 0 aromatic heterocycles. The Morgan fingerprint density at radius 3 is 2.90 bits per heavy atom. The number of likely N-dealkylation sites (N-methyl/N-ethyl adjacent to an activating group) is 1. The van der Waals surface area contributed by atoms with Crippen molar-refractivity contribution in [2.24, 2.45) is 0 Å². The van der Waals surface area contributed by atoms with E-state index in [1.165, 1.54) is 17.0 Å². The van der Waals surface area contributed by atoms with Crippen LogP contribution in [-0.4, -0.2) is 48.3 Å². The molecule has 1 fully saturated rings. The van der Waals surface area contributed by atoms with Gasteiger partial charge in [-0.2, -0.15) is 0 Å². The number of rotatable bonds is 4. The van der Waals surface area contributed by atoms with Gasteiger partial charge in [0.15, 0.2) is 0 Å². The number of ether oxygens (including phenoxy) is 1. The number of carbonyl (C=O) groups is 2. The fourth-order valence-corrected chi connectivity index (χ4v) is 2.23. The van der Waals surface area contributed by atoms with Crippen LogP contribution in [0.15, 0.2) is 18.2 Å². The van der Waals surface area contributed by atoms with Crippen molar-refractivity contribution in [2.75, 3.05) is 25.5 Å². The lowest BCUT2D eigenvalue weighted by Crippen LogP contribution is -2.37. The van der Waals surface area contributed by atoms with Crippen molar-refractivity contribution in [2.45, 2.75) is 18.9 Å². The third-order valence-electron chi connectivity index (χ3n) is 3.32. The maximum absolute atomic E-state index is 13.5. The van der Waals surface area contributed by atoms with Gasteiger partial charge in [-0.05, 0) is 25.0 Å². The highest BCUT2D eigenvalue weighted by Crippen LogP contribution is 2.20. The van der Waals surface area contributed by atoms with Crippen LogP contribution in [-0.2, 0) is 4.74 Å². The fraction of sp³-hybridized carbons (Fsp3) is 0.429. The zero-order valence-corrected chi connectivity index (χ0v) is 11.6. The van der Waals surface area contributed by atoms with Crippen LogP contribution in [0.4, 0.5) is 14.9 Å². The van der Waals surface area contributed by atoms with E-state index in [1.54, 1.807) is 7.05 Å². The van der Waals surface area contributed by atoms with Crippen LogP contribution in [0, 0.1) is 5.82 Å². The molecule has 1 aliphatic rings. The van der Waals surface area contributed by atoms with Gasteiger partial charge in [0.2, 0.25) is 0 Å². The molecule has 6 nitrogen and oxygen atoms in total. The first-order valence-electron chi connectivity index (χ1n) is 6.64. The maximum Gasteiger partial charge on any atom is 0.340 e. The number of halogens is 1. The van der Waals surface area contributed by atoms with Crippen LogP contribution in [0.3, 0.4) is 0 Å². The number of carboxylic acids is 1. The summed E-state index contributed by atoms with van der Waals surface area (Å²) in [6.07, 6.45) is 1.85. The summed E-state index contributed by atoms with van der Waals surface area (Å²) >= 11 is 0. The SMILES string of the molecule is CN(CC1CCCO1)C(=O)Nc1cccc(F)c1C(=O)O. The summed E-state index contributed by atoms with van der Waals surface area (Å²) < 4.78 is 18.9. The zero-order chi connectivity index (χ0) is 15.4. The summed E-state index contributed by atoms with van der Waals surface area (Å²) in [5.41, 5.74) is -0.608. The van der Waals surface area contributed by atoms with E-state index in [2.05, 4.69) is 5.32 Å². The van der Waals surface area contributed by atoms with Gasteiger partial charge >= 0.3 is 12.0 Å². The minimum Gasteiger partial charge on any atom is -0.478 e. The van der Waals surface area contributed by atoms with Gasteiger partial charge in [0.05, 0.1) is 11.8 Å². The van der Waals surface area contributed by atoms with E-state index in [0.29, 0.717) is 13.2 Å². The first-order valence-corrected chi connectivity index (χ1v) is 6.64. The Balaban J connectivity index is 2.05. The molecule has 1 unspecified atom stereocenters. The van der Waals surface area contributed by atoms with Gasteiger partial charge in [-0.15, -0.1) is 0 Å². The third-order valence-corrected chi connectivity index (χ3v) is 3.32. The Morgan fingerprint density at radius 2 is 2.29 bits per heavy atom. The van der Waals surface area contributed by atoms with E-state index >= 15 is 0 Å². The molecule has 1 aromatic carbocycles. The molecule has 0 bridgehead atoms. The molecule has 1 aliphatic heterocycles. The second-order valence-electron chi connectivity index (χ2n) is 4.91.